The third-order valence-electron chi connectivity index (χ3n) is 6.02. The summed E-state index contributed by atoms with van der Waals surface area (Å²) in [5.41, 5.74) is 3.35. The summed E-state index contributed by atoms with van der Waals surface area (Å²) in [6.07, 6.45) is 13.0. The molecule has 3 aromatic rings. The van der Waals surface area contributed by atoms with E-state index >= 15 is 0 Å². The molecule has 0 radical (unpaired) electrons. The van der Waals surface area contributed by atoms with E-state index in [1.165, 1.54) is 56.3 Å². The quantitative estimate of drug-likeness (QED) is 0.0690. The molecule has 198 valence electrons. The zero-order valence-electron chi connectivity index (χ0n) is 21.6. The lowest BCUT2D eigenvalue weighted by Crippen LogP contribution is -2.16. The number of hydrazone groups is 1. The number of hydrogen-bond donors (Lipinski definition) is 1. The van der Waals surface area contributed by atoms with Gasteiger partial charge >= 0.3 is 5.97 Å². The predicted octanol–water partition coefficient (Wildman–Crippen LogP) is 8.15. The van der Waals surface area contributed by atoms with E-state index in [0.717, 1.165) is 28.5 Å². The Balaban J connectivity index is 1.39. The van der Waals surface area contributed by atoms with Gasteiger partial charge < -0.3 is 9.47 Å². The number of methoxy groups -OCH3 is 1. The van der Waals surface area contributed by atoms with Crippen LogP contribution in [0.1, 0.15) is 86.4 Å². The van der Waals surface area contributed by atoms with Gasteiger partial charge in [-0.3, -0.25) is 4.79 Å². The molecule has 8 heteroatoms. The van der Waals surface area contributed by atoms with Crippen LogP contribution in [-0.4, -0.2) is 25.2 Å². The Morgan fingerprint density at radius 2 is 1.59 bits per heavy atom. The van der Waals surface area contributed by atoms with Crippen molar-refractivity contribution in [2.24, 2.45) is 5.10 Å². The Hall–Kier alpha value is -2.90. The van der Waals surface area contributed by atoms with Crippen molar-refractivity contribution < 1.29 is 19.1 Å². The van der Waals surface area contributed by atoms with E-state index in [0.29, 0.717) is 27.8 Å². The van der Waals surface area contributed by atoms with Crippen LogP contribution in [0.15, 0.2) is 47.6 Å². The number of amides is 1. The van der Waals surface area contributed by atoms with E-state index in [2.05, 4.69) is 17.5 Å². The lowest BCUT2D eigenvalue weighted by molar-refractivity contribution is -0.121. The standard InChI is InChI=1S/C29H35ClN2O4S/c1-3-4-5-6-7-8-9-10-11-12-26(33)32-31-20-21-13-15-22(16-14-21)36-29(34)28-27(30)24-18-17-23(35-2)19-25(24)37-28/h13-20H,3-12H2,1-2H3,(H,32,33)/b31-20-. The number of unbranched alkanes of at least 4 members (excludes halogenated alkanes) is 8. The molecule has 0 aliphatic carbocycles. The van der Waals surface area contributed by atoms with Crippen molar-refractivity contribution in [1.82, 2.24) is 5.43 Å². The minimum absolute atomic E-state index is 0.0809. The molecule has 1 aromatic heterocycles. The van der Waals surface area contributed by atoms with Crippen LogP contribution in [-0.2, 0) is 4.79 Å². The first-order chi connectivity index (χ1) is 18.0. The Bertz CT molecular complexity index is 1190. The van der Waals surface area contributed by atoms with Crippen molar-refractivity contribution in [3.05, 3.63) is 57.9 Å². The molecule has 0 spiro atoms. The highest BCUT2D eigenvalue weighted by atomic mass is 35.5. The van der Waals surface area contributed by atoms with Crippen LogP contribution in [0, 0.1) is 0 Å². The van der Waals surface area contributed by atoms with Crippen molar-refractivity contribution in [2.75, 3.05) is 7.11 Å². The van der Waals surface area contributed by atoms with Gasteiger partial charge in [0.1, 0.15) is 16.4 Å². The molecule has 0 unspecified atom stereocenters. The molecule has 1 amide bonds. The molecule has 1 N–H and O–H groups in total. The first kappa shape index (κ1) is 28.7. The van der Waals surface area contributed by atoms with Gasteiger partial charge in [-0.1, -0.05) is 69.9 Å². The van der Waals surface area contributed by atoms with Gasteiger partial charge in [-0.05, 0) is 54.4 Å². The minimum Gasteiger partial charge on any atom is -0.497 e. The molecule has 2 aromatic carbocycles. The van der Waals surface area contributed by atoms with Gasteiger partial charge in [0.05, 0.1) is 18.3 Å². The number of nitrogens with one attached hydrogen (secondary N) is 1. The summed E-state index contributed by atoms with van der Waals surface area (Å²) in [7, 11) is 1.59. The van der Waals surface area contributed by atoms with E-state index in [-0.39, 0.29) is 5.91 Å². The number of carbonyl (C=O) groups excluding carboxylic acids is 2. The highest BCUT2D eigenvalue weighted by molar-refractivity contribution is 7.21. The Kier molecular flexibility index (Phi) is 11.9. The smallest absolute Gasteiger partial charge is 0.355 e. The van der Waals surface area contributed by atoms with Gasteiger partial charge in [-0.25, -0.2) is 10.2 Å². The second kappa shape index (κ2) is 15.4. The summed E-state index contributed by atoms with van der Waals surface area (Å²) in [6.45, 7) is 2.23. The highest BCUT2D eigenvalue weighted by Crippen LogP contribution is 2.37. The van der Waals surface area contributed by atoms with Crippen LogP contribution in [0.25, 0.3) is 10.1 Å². The number of halogens is 1. The van der Waals surface area contributed by atoms with Crippen molar-refractivity contribution in [2.45, 2.75) is 71.1 Å². The molecule has 3 rings (SSSR count). The number of ether oxygens (including phenoxy) is 2. The number of rotatable bonds is 15. The molecule has 0 bridgehead atoms. The number of benzene rings is 2. The second-order valence-corrected chi connectivity index (χ2v) is 10.4. The van der Waals surface area contributed by atoms with E-state index in [1.54, 1.807) is 43.7 Å². The van der Waals surface area contributed by atoms with E-state index < -0.39 is 5.97 Å². The van der Waals surface area contributed by atoms with Crippen LogP contribution in [0.3, 0.4) is 0 Å². The molecular formula is C29H35ClN2O4S. The normalized spacial score (nSPS) is 11.2. The molecular weight excluding hydrogens is 508 g/mol. The van der Waals surface area contributed by atoms with Crippen LogP contribution in [0.4, 0.5) is 0 Å². The summed E-state index contributed by atoms with van der Waals surface area (Å²) in [5.74, 6) is 0.489. The zero-order chi connectivity index (χ0) is 26.5. The third-order valence-corrected chi connectivity index (χ3v) is 7.66. The van der Waals surface area contributed by atoms with E-state index in [4.69, 9.17) is 21.1 Å². The number of carbonyl (C=O) groups is 2. The minimum atomic E-state index is -0.518. The predicted molar refractivity (Wildman–Crippen MR) is 152 cm³/mol. The molecule has 0 fully saturated rings. The fourth-order valence-corrected chi connectivity index (χ4v) is 5.32. The van der Waals surface area contributed by atoms with E-state index in [1.807, 2.05) is 12.1 Å². The first-order valence-electron chi connectivity index (χ1n) is 12.9. The summed E-state index contributed by atoms with van der Waals surface area (Å²) < 4.78 is 11.6. The van der Waals surface area contributed by atoms with Gasteiger partial charge in [-0.2, -0.15) is 5.10 Å². The zero-order valence-corrected chi connectivity index (χ0v) is 23.1. The molecule has 1 heterocycles. The average Bonchev–Trinajstić information content (AvgIpc) is 3.24. The number of esters is 1. The van der Waals surface area contributed by atoms with Crippen LogP contribution >= 0.6 is 22.9 Å². The monoisotopic (exact) mass is 542 g/mol. The summed E-state index contributed by atoms with van der Waals surface area (Å²) in [6, 6.07) is 12.3. The van der Waals surface area contributed by atoms with Crippen molar-refractivity contribution in [1.29, 1.82) is 0 Å². The van der Waals surface area contributed by atoms with Gasteiger partial charge in [0.15, 0.2) is 0 Å². The summed E-state index contributed by atoms with van der Waals surface area (Å²) in [4.78, 5) is 25.0. The summed E-state index contributed by atoms with van der Waals surface area (Å²) in [5, 5.41) is 5.18. The lowest BCUT2D eigenvalue weighted by Gasteiger charge is -2.04. The molecule has 6 nitrogen and oxygen atoms in total. The average molecular weight is 543 g/mol. The van der Waals surface area contributed by atoms with E-state index in [9.17, 15) is 9.59 Å². The summed E-state index contributed by atoms with van der Waals surface area (Å²) >= 11 is 7.68. The molecule has 37 heavy (non-hydrogen) atoms. The van der Waals surface area contributed by atoms with Crippen LogP contribution < -0.4 is 14.9 Å². The first-order valence-corrected chi connectivity index (χ1v) is 14.1. The van der Waals surface area contributed by atoms with Crippen molar-refractivity contribution in [3.63, 3.8) is 0 Å². The second-order valence-electron chi connectivity index (χ2n) is 8.94. The maximum absolute atomic E-state index is 12.7. The van der Waals surface area contributed by atoms with Gasteiger partial charge in [0.25, 0.3) is 0 Å². The highest BCUT2D eigenvalue weighted by Gasteiger charge is 2.19. The Morgan fingerprint density at radius 3 is 2.27 bits per heavy atom. The number of nitrogens with zero attached hydrogens (tertiary/aromatic N) is 1. The van der Waals surface area contributed by atoms with Crippen LogP contribution in [0.2, 0.25) is 5.02 Å². The molecule has 0 saturated heterocycles. The third kappa shape index (κ3) is 9.17. The van der Waals surface area contributed by atoms with Gasteiger partial charge in [0.2, 0.25) is 5.91 Å². The largest absolute Gasteiger partial charge is 0.497 e. The maximum atomic E-state index is 12.7. The molecule has 0 aliphatic heterocycles. The number of fused-ring (bicyclic) bond motifs is 1. The maximum Gasteiger partial charge on any atom is 0.355 e. The Labute approximate surface area is 228 Å². The molecule has 0 saturated carbocycles. The van der Waals surface area contributed by atoms with Crippen LogP contribution in [0.5, 0.6) is 11.5 Å². The fourth-order valence-electron chi connectivity index (χ4n) is 3.91. The topological polar surface area (TPSA) is 77.0 Å². The number of hydrogen-bond acceptors (Lipinski definition) is 6. The molecule has 0 atom stereocenters. The Morgan fingerprint density at radius 1 is 0.946 bits per heavy atom. The SMILES string of the molecule is CCCCCCCCCCCC(=O)N/N=C\c1ccc(OC(=O)c2sc3cc(OC)ccc3c2Cl)cc1. The van der Waals surface area contributed by atoms with Gasteiger partial charge in [-0.15, -0.1) is 11.3 Å². The lowest BCUT2D eigenvalue weighted by atomic mass is 10.1. The van der Waals surface area contributed by atoms with Crippen molar-refractivity contribution >= 4 is 51.1 Å². The number of thiophene rings is 1. The molecule has 0 aliphatic rings. The fraction of sp³-hybridized carbons (Fsp3) is 0.414. The van der Waals surface area contributed by atoms with Gasteiger partial charge in [0, 0.05) is 16.5 Å². The van der Waals surface area contributed by atoms with Crippen molar-refractivity contribution in [3.8, 4) is 11.5 Å².